The van der Waals surface area contributed by atoms with Gasteiger partial charge in [0.1, 0.15) is 0 Å². The summed E-state index contributed by atoms with van der Waals surface area (Å²) in [5.41, 5.74) is 5.63. The summed E-state index contributed by atoms with van der Waals surface area (Å²) in [6.45, 7) is 10.0. The maximum absolute atomic E-state index is 5.63. The maximum Gasteiger partial charge on any atom is 0.0233 e. The van der Waals surface area contributed by atoms with Crippen LogP contribution in [0.3, 0.4) is 0 Å². The van der Waals surface area contributed by atoms with Crippen molar-refractivity contribution in [2.24, 2.45) is 5.73 Å². The van der Waals surface area contributed by atoms with Crippen LogP contribution in [-0.2, 0) is 0 Å². The second-order valence-electron chi connectivity index (χ2n) is 4.81. The minimum atomic E-state index is 0.651. The fraction of sp³-hybridized carbons (Fsp3) is 1.00. The number of nitrogens with zero attached hydrogens (tertiary/aromatic N) is 2. The van der Waals surface area contributed by atoms with E-state index in [2.05, 4.69) is 37.6 Å². The Morgan fingerprint density at radius 2 is 2.00 bits per heavy atom. The SMILES string of the molecule is CC(C)N1CC(CCN)N(C)CC1C. The second-order valence-corrected chi connectivity index (χ2v) is 4.81. The Morgan fingerprint density at radius 3 is 2.50 bits per heavy atom. The third kappa shape index (κ3) is 2.69. The van der Waals surface area contributed by atoms with Crippen molar-refractivity contribution in [2.75, 3.05) is 26.7 Å². The van der Waals surface area contributed by atoms with Crippen LogP contribution in [0.5, 0.6) is 0 Å². The highest BCUT2D eigenvalue weighted by atomic mass is 15.3. The van der Waals surface area contributed by atoms with E-state index in [1.807, 2.05) is 0 Å². The Kier molecular flexibility index (Phi) is 4.35. The van der Waals surface area contributed by atoms with Crippen molar-refractivity contribution in [2.45, 2.75) is 45.3 Å². The first-order chi connectivity index (χ1) is 6.56. The monoisotopic (exact) mass is 199 g/mol. The molecule has 0 saturated carbocycles. The lowest BCUT2D eigenvalue weighted by Crippen LogP contribution is -2.58. The van der Waals surface area contributed by atoms with Crippen LogP contribution >= 0.6 is 0 Å². The van der Waals surface area contributed by atoms with E-state index in [-0.39, 0.29) is 0 Å². The van der Waals surface area contributed by atoms with Gasteiger partial charge in [-0.3, -0.25) is 4.90 Å². The van der Waals surface area contributed by atoms with Crippen LogP contribution in [0.4, 0.5) is 0 Å². The molecule has 1 aliphatic heterocycles. The highest BCUT2D eigenvalue weighted by Crippen LogP contribution is 2.17. The van der Waals surface area contributed by atoms with E-state index >= 15 is 0 Å². The van der Waals surface area contributed by atoms with E-state index in [1.165, 1.54) is 13.1 Å². The van der Waals surface area contributed by atoms with Gasteiger partial charge in [-0.2, -0.15) is 0 Å². The summed E-state index contributed by atoms with van der Waals surface area (Å²) >= 11 is 0. The lowest BCUT2D eigenvalue weighted by Gasteiger charge is -2.45. The molecule has 0 radical (unpaired) electrons. The summed E-state index contributed by atoms with van der Waals surface area (Å²) in [5.74, 6) is 0. The molecule has 0 bridgehead atoms. The summed E-state index contributed by atoms with van der Waals surface area (Å²) in [7, 11) is 2.22. The van der Waals surface area contributed by atoms with Crippen LogP contribution in [0, 0.1) is 0 Å². The van der Waals surface area contributed by atoms with Gasteiger partial charge < -0.3 is 10.6 Å². The first-order valence-corrected chi connectivity index (χ1v) is 5.72. The quantitative estimate of drug-likeness (QED) is 0.728. The molecule has 0 aromatic rings. The minimum absolute atomic E-state index is 0.651. The van der Waals surface area contributed by atoms with E-state index < -0.39 is 0 Å². The summed E-state index contributed by atoms with van der Waals surface area (Å²) in [4.78, 5) is 5.04. The molecule has 14 heavy (non-hydrogen) atoms. The summed E-state index contributed by atoms with van der Waals surface area (Å²) < 4.78 is 0. The van der Waals surface area contributed by atoms with Crippen LogP contribution in [0.15, 0.2) is 0 Å². The van der Waals surface area contributed by atoms with E-state index in [9.17, 15) is 0 Å². The van der Waals surface area contributed by atoms with Gasteiger partial charge in [-0.1, -0.05) is 0 Å². The second kappa shape index (κ2) is 5.10. The molecule has 0 aliphatic carbocycles. The molecule has 2 unspecified atom stereocenters. The molecular weight excluding hydrogens is 174 g/mol. The van der Waals surface area contributed by atoms with Gasteiger partial charge in [0.05, 0.1) is 0 Å². The van der Waals surface area contributed by atoms with Gasteiger partial charge >= 0.3 is 0 Å². The third-order valence-corrected chi connectivity index (χ3v) is 3.33. The molecule has 0 amide bonds. The lowest BCUT2D eigenvalue weighted by atomic mass is 10.0. The van der Waals surface area contributed by atoms with Gasteiger partial charge in [-0.15, -0.1) is 0 Å². The molecule has 1 aliphatic rings. The molecule has 3 nitrogen and oxygen atoms in total. The van der Waals surface area contributed by atoms with Gasteiger partial charge in [-0.05, 0) is 40.8 Å². The zero-order valence-corrected chi connectivity index (χ0v) is 10.0. The minimum Gasteiger partial charge on any atom is -0.330 e. The zero-order chi connectivity index (χ0) is 10.7. The standard InChI is InChI=1S/C11H25N3/c1-9(2)14-8-11(5-6-12)13(4)7-10(14)3/h9-11H,5-8,12H2,1-4H3. The number of hydrogen-bond acceptors (Lipinski definition) is 3. The Bertz CT molecular complexity index is 170. The normalized spacial score (nSPS) is 31.3. The predicted octanol–water partition coefficient (Wildman–Crippen LogP) is 0.748. The molecule has 0 aromatic carbocycles. The molecule has 1 rings (SSSR count). The Hall–Kier alpha value is -0.120. The first kappa shape index (κ1) is 12.0. The van der Waals surface area contributed by atoms with Gasteiger partial charge in [0, 0.05) is 31.2 Å². The molecule has 0 spiro atoms. The molecule has 1 heterocycles. The zero-order valence-electron chi connectivity index (χ0n) is 10.0. The predicted molar refractivity (Wildman–Crippen MR) is 61.4 cm³/mol. The van der Waals surface area contributed by atoms with Crippen LogP contribution < -0.4 is 5.73 Å². The summed E-state index contributed by atoms with van der Waals surface area (Å²) in [6, 6.07) is 1.98. The van der Waals surface area contributed by atoms with Gasteiger partial charge in [-0.25, -0.2) is 0 Å². The highest BCUT2D eigenvalue weighted by molar-refractivity contribution is 4.86. The summed E-state index contributed by atoms with van der Waals surface area (Å²) in [6.07, 6.45) is 1.12. The molecule has 1 saturated heterocycles. The molecule has 0 aromatic heterocycles. The lowest BCUT2D eigenvalue weighted by molar-refractivity contribution is 0.0295. The van der Waals surface area contributed by atoms with Crippen molar-refractivity contribution >= 4 is 0 Å². The molecule has 2 atom stereocenters. The van der Waals surface area contributed by atoms with Crippen molar-refractivity contribution in [3.63, 3.8) is 0 Å². The Balaban J connectivity index is 2.56. The fourth-order valence-corrected chi connectivity index (χ4v) is 2.46. The van der Waals surface area contributed by atoms with Crippen molar-refractivity contribution in [3.05, 3.63) is 0 Å². The Morgan fingerprint density at radius 1 is 1.36 bits per heavy atom. The number of likely N-dealkylation sites (N-methyl/N-ethyl adjacent to an activating group) is 1. The van der Waals surface area contributed by atoms with Gasteiger partial charge in [0.25, 0.3) is 0 Å². The van der Waals surface area contributed by atoms with E-state index in [1.54, 1.807) is 0 Å². The van der Waals surface area contributed by atoms with E-state index in [0.717, 1.165) is 13.0 Å². The van der Waals surface area contributed by atoms with Crippen LogP contribution in [-0.4, -0.2) is 54.6 Å². The third-order valence-electron chi connectivity index (χ3n) is 3.33. The maximum atomic E-state index is 5.63. The number of hydrogen-bond donors (Lipinski definition) is 1. The average Bonchev–Trinajstić information content (AvgIpc) is 2.09. The van der Waals surface area contributed by atoms with Crippen molar-refractivity contribution < 1.29 is 0 Å². The van der Waals surface area contributed by atoms with Crippen LogP contribution in [0.1, 0.15) is 27.2 Å². The highest BCUT2D eigenvalue weighted by Gasteiger charge is 2.29. The number of nitrogens with two attached hydrogens (primary N) is 1. The largest absolute Gasteiger partial charge is 0.330 e. The molecule has 84 valence electrons. The molecule has 1 fully saturated rings. The number of piperazine rings is 1. The molecule has 3 heteroatoms. The van der Waals surface area contributed by atoms with Crippen molar-refractivity contribution in [3.8, 4) is 0 Å². The van der Waals surface area contributed by atoms with Gasteiger partial charge in [0.15, 0.2) is 0 Å². The Labute approximate surface area is 88.2 Å². The fourth-order valence-electron chi connectivity index (χ4n) is 2.46. The van der Waals surface area contributed by atoms with Gasteiger partial charge in [0.2, 0.25) is 0 Å². The smallest absolute Gasteiger partial charge is 0.0233 e. The molecular formula is C11H25N3. The van der Waals surface area contributed by atoms with Crippen molar-refractivity contribution in [1.29, 1.82) is 0 Å². The summed E-state index contributed by atoms with van der Waals surface area (Å²) in [5, 5.41) is 0. The number of rotatable bonds is 3. The van der Waals surface area contributed by atoms with Crippen LogP contribution in [0.2, 0.25) is 0 Å². The van der Waals surface area contributed by atoms with E-state index in [4.69, 9.17) is 5.73 Å². The molecule has 2 N–H and O–H groups in total. The van der Waals surface area contributed by atoms with Crippen LogP contribution in [0.25, 0.3) is 0 Å². The van der Waals surface area contributed by atoms with Crippen molar-refractivity contribution in [1.82, 2.24) is 9.80 Å². The first-order valence-electron chi connectivity index (χ1n) is 5.72. The topological polar surface area (TPSA) is 32.5 Å². The van der Waals surface area contributed by atoms with E-state index in [0.29, 0.717) is 18.1 Å². The average molecular weight is 199 g/mol.